The minimum absolute atomic E-state index is 0.334. The largest absolute Gasteiger partial charge is 0.497 e. The number of aryl methyl sites for hydroxylation is 1. The van der Waals surface area contributed by atoms with E-state index in [-0.39, 0.29) is 12.5 Å². The molecule has 2 aromatic rings. The van der Waals surface area contributed by atoms with Crippen molar-refractivity contribution in [1.29, 1.82) is 0 Å². The van der Waals surface area contributed by atoms with Gasteiger partial charge in [-0.1, -0.05) is 18.2 Å². The van der Waals surface area contributed by atoms with Crippen molar-refractivity contribution in [3.8, 4) is 5.75 Å². The summed E-state index contributed by atoms with van der Waals surface area (Å²) < 4.78 is 9.99. The van der Waals surface area contributed by atoms with Crippen LogP contribution in [0.25, 0.3) is 0 Å². The van der Waals surface area contributed by atoms with Gasteiger partial charge < -0.3 is 14.8 Å². The summed E-state index contributed by atoms with van der Waals surface area (Å²) >= 11 is 0. The van der Waals surface area contributed by atoms with Crippen LogP contribution in [0.15, 0.2) is 48.5 Å². The molecule has 0 saturated heterocycles. The van der Waals surface area contributed by atoms with Gasteiger partial charge in [-0.25, -0.2) is 4.79 Å². The molecule has 0 radical (unpaired) electrons. The maximum atomic E-state index is 11.8. The number of amides is 1. The van der Waals surface area contributed by atoms with Gasteiger partial charge in [-0.2, -0.15) is 0 Å². The van der Waals surface area contributed by atoms with E-state index in [1.807, 2.05) is 25.1 Å². The molecule has 0 bridgehead atoms. The molecule has 114 valence electrons. The van der Waals surface area contributed by atoms with Crippen LogP contribution < -0.4 is 10.1 Å². The number of benzene rings is 2. The highest BCUT2D eigenvalue weighted by Gasteiger charge is 2.11. The van der Waals surface area contributed by atoms with Gasteiger partial charge in [0.15, 0.2) is 6.61 Å². The van der Waals surface area contributed by atoms with Crippen LogP contribution in [0.4, 0.5) is 5.69 Å². The Hall–Kier alpha value is -2.82. The first kappa shape index (κ1) is 15.6. The Kier molecular flexibility index (Phi) is 5.14. The summed E-state index contributed by atoms with van der Waals surface area (Å²) in [5, 5.41) is 2.70. The van der Waals surface area contributed by atoms with Crippen LogP contribution in [0.5, 0.6) is 5.75 Å². The first-order chi connectivity index (χ1) is 10.6. The number of ether oxygens (including phenoxy) is 2. The molecule has 0 aliphatic rings. The molecular formula is C17H17NO4. The third-order valence-corrected chi connectivity index (χ3v) is 3.08. The fraction of sp³-hybridized carbons (Fsp3) is 0.176. The summed E-state index contributed by atoms with van der Waals surface area (Å²) in [7, 11) is 1.54. The molecule has 1 N–H and O–H groups in total. The molecule has 0 aliphatic carbocycles. The van der Waals surface area contributed by atoms with Gasteiger partial charge in [-0.15, -0.1) is 0 Å². The van der Waals surface area contributed by atoms with Crippen LogP contribution in [0.1, 0.15) is 15.9 Å². The van der Waals surface area contributed by atoms with Crippen LogP contribution >= 0.6 is 0 Å². The number of rotatable bonds is 5. The van der Waals surface area contributed by atoms with Crippen LogP contribution in [0, 0.1) is 6.92 Å². The molecule has 0 fully saturated rings. The lowest BCUT2D eigenvalue weighted by Crippen LogP contribution is -2.21. The van der Waals surface area contributed by atoms with E-state index in [1.54, 1.807) is 37.4 Å². The van der Waals surface area contributed by atoms with E-state index in [0.717, 1.165) is 5.56 Å². The Labute approximate surface area is 128 Å². The van der Waals surface area contributed by atoms with Gasteiger partial charge in [-0.3, -0.25) is 4.79 Å². The molecule has 0 aromatic heterocycles. The van der Waals surface area contributed by atoms with Crippen molar-refractivity contribution in [3.63, 3.8) is 0 Å². The number of esters is 1. The Bertz CT molecular complexity index is 665. The summed E-state index contributed by atoms with van der Waals surface area (Å²) in [6, 6.07) is 13.9. The monoisotopic (exact) mass is 299 g/mol. The van der Waals surface area contributed by atoms with Crippen molar-refractivity contribution in [2.45, 2.75) is 6.92 Å². The fourth-order valence-electron chi connectivity index (χ4n) is 1.84. The highest BCUT2D eigenvalue weighted by molar-refractivity contribution is 5.95. The van der Waals surface area contributed by atoms with E-state index in [2.05, 4.69) is 5.32 Å². The molecule has 5 nitrogen and oxygen atoms in total. The molecule has 0 unspecified atom stereocenters. The van der Waals surface area contributed by atoms with Crippen LogP contribution in [0.2, 0.25) is 0 Å². The van der Waals surface area contributed by atoms with Crippen LogP contribution in [-0.2, 0) is 9.53 Å². The molecule has 22 heavy (non-hydrogen) atoms. The molecule has 1 amide bonds. The first-order valence-electron chi connectivity index (χ1n) is 6.77. The second-order valence-electron chi connectivity index (χ2n) is 4.67. The van der Waals surface area contributed by atoms with E-state index in [0.29, 0.717) is 17.0 Å². The minimum atomic E-state index is -0.553. The molecule has 0 heterocycles. The smallest absolute Gasteiger partial charge is 0.338 e. The topological polar surface area (TPSA) is 64.6 Å². The lowest BCUT2D eigenvalue weighted by molar-refractivity contribution is -0.119. The predicted octanol–water partition coefficient (Wildman–Crippen LogP) is 2.80. The van der Waals surface area contributed by atoms with Gasteiger partial charge in [0.1, 0.15) is 5.75 Å². The standard InChI is InChI=1S/C17H17NO4/c1-12-5-3-4-6-15(12)18-16(19)11-22-17(20)13-7-9-14(21-2)10-8-13/h3-10H,11H2,1-2H3,(H,18,19). The highest BCUT2D eigenvalue weighted by atomic mass is 16.5. The minimum Gasteiger partial charge on any atom is -0.497 e. The zero-order valence-corrected chi connectivity index (χ0v) is 12.5. The molecule has 5 heteroatoms. The zero-order valence-electron chi connectivity index (χ0n) is 12.5. The van der Waals surface area contributed by atoms with Crippen LogP contribution in [0.3, 0.4) is 0 Å². The maximum Gasteiger partial charge on any atom is 0.338 e. The van der Waals surface area contributed by atoms with Gasteiger partial charge in [0.05, 0.1) is 12.7 Å². The summed E-state index contributed by atoms with van der Waals surface area (Å²) in [6.07, 6.45) is 0. The van der Waals surface area contributed by atoms with E-state index in [1.165, 1.54) is 0 Å². The van der Waals surface area contributed by atoms with Gasteiger partial charge in [0.25, 0.3) is 5.91 Å². The molecule has 0 saturated carbocycles. The molecule has 2 rings (SSSR count). The maximum absolute atomic E-state index is 11.8. The second-order valence-corrected chi connectivity index (χ2v) is 4.67. The van der Waals surface area contributed by atoms with Gasteiger partial charge in [0, 0.05) is 5.69 Å². The van der Waals surface area contributed by atoms with Crippen LogP contribution in [-0.4, -0.2) is 25.6 Å². The summed E-state index contributed by atoms with van der Waals surface area (Å²) in [5.74, 6) is -0.285. The number of nitrogens with one attached hydrogen (secondary N) is 1. The number of carbonyl (C=O) groups is 2. The third-order valence-electron chi connectivity index (χ3n) is 3.08. The summed E-state index contributed by atoms with van der Waals surface area (Å²) in [5.41, 5.74) is 2.01. The summed E-state index contributed by atoms with van der Waals surface area (Å²) in [6.45, 7) is 1.55. The Morgan fingerprint density at radius 1 is 1.05 bits per heavy atom. The first-order valence-corrected chi connectivity index (χ1v) is 6.77. The Balaban J connectivity index is 1.87. The number of methoxy groups -OCH3 is 1. The Morgan fingerprint density at radius 2 is 1.73 bits per heavy atom. The zero-order chi connectivity index (χ0) is 15.9. The second kappa shape index (κ2) is 7.26. The lowest BCUT2D eigenvalue weighted by atomic mass is 10.2. The molecule has 0 aliphatic heterocycles. The van der Waals surface area contributed by atoms with Gasteiger partial charge in [-0.05, 0) is 42.8 Å². The lowest BCUT2D eigenvalue weighted by Gasteiger charge is -2.09. The number of para-hydroxylation sites is 1. The van der Waals surface area contributed by atoms with E-state index >= 15 is 0 Å². The molecule has 0 spiro atoms. The van der Waals surface area contributed by atoms with Crippen molar-refractivity contribution in [2.75, 3.05) is 19.0 Å². The number of anilines is 1. The Morgan fingerprint density at radius 3 is 2.36 bits per heavy atom. The molecular weight excluding hydrogens is 282 g/mol. The van der Waals surface area contributed by atoms with Gasteiger partial charge in [0.2, 0.25) is 0 Å². The quantitative estimate of drug-likeness (QED) is 0.862. The predicted molar refractivity (Wildman–Crippen MR) is 83.1 cm³/mol. The molecule has 2 aromatic carbocycles. The highest BCUT2D eigenvalue weighted by Crippen LogP contribution is 2.14. The van der Waals surface area contributed by atoms with E-state index in [4.69, 9.17) is 9.47 Å². The van der Waals surface area contributed by atoms with Crippen molar-refractivity contribution in [2.24, 2.45) is 0 Å². The van der Waals surface area contributed by atoms with E-state index < -0.39 is 5.97 Å². The number of hydrogen-bond donors (Lipinski definition) is 1. The number of carbonyl (C=O) groups excluding carboxylic acids is 2. The SMILES string of the molecule is COc1ccc(C(=O)OCC(=O)Nc2ccccc2C)cc1. The van der Waals surface area contributed by atoms with Crippen molar-refractivity contribution < 1.29 is 19.1 Å². The van der Waals surface area contributed by atoms with Crippen molar-refractivity contribution >= 4 is 17.6 Å². The average molecular weight is 299 g/mol. The van der Waals surface area contributed by atoms with Gasteiger partial charge >= 0.3 is 5.97 Å². The van der Waals surface area contributed by atoms with Crippen molar-refractivity contribution in [1.82, 2.24) is 0 Å². The molecule has 0 atom stereocenters. The third kappa shape index (κ3) is 4.09. The normalized spacial score (nSPS) is 9.91. The van der Waals surface area contributed by atoms with E-state index in [9.17, 15) is 9.59 Å². The summed E-state index contributed by atoms with van der Waals surface area (Å²) in [4.78, 5) is 23.6. The van der Waals surface area contributed by atoms with Crippen molar-refractivity contribution in [3.05, 3.63) is 59.7 Å². The fourth-order valence-corrected chi connectivity index (χ4v) is 1.84. The number of hydrogen-bond acceptors (Lipinski definition) is 4. The average Bonchev–Trinajstić information content (AvgIpc) is 2.55.